The van der Waals surface area contributed by atoms with Crippen molar-refractivity contribution in [1.29, 1.82) is 0 Å². The summed E-state index contributed by atoms with van der Waals surface area (Å²) < 4.78 is 0. The number of para-hydroxylation sites is 1. The maximum absolute atomic E-state index is 8.63. The van der Waals surface area contributed by atoms with Crippen molar-refractivity contribution in [2.45, 2.75) is 13.3 Å². The van der Waals surface area contributed by atoms with Crippen molar-refractivity contribution in [3.8, 4) is 28.0 Å². The Labute approximate surface area is 161 Å². The van der Waals surface area contributed by atoms with Crippen molar-refractivity contribution >= 4 is 0 Å². The molecule has 0 atom stereocenters. The van der Waals surface area contributed by atoms with Gasteiger partial charge in [-0.05, 0) is 46.4 Å². The van der Waals surface area contributed by atoms with Crippen LogP contribution < -0.4 is 0 Å². The second-order valence-corrected chi connectivity index (χ2v) is 6.26. The van der Waals surface area contributed by atoms with Crippen molar-refractivity contribution in [3.63, 3.8) is 0 Å². The van der Waals surface area contributed by atoms with Crippen LogP contribution in [0.3, 0.4) is 0 Å². The van der Waals surface area contributed by atoms with Crippen LogP contribution in [0.2, 0.25) is 0 Å². The first-order valence-corrected chi connectivity index (χ1v) is 9.26. The number of phenols is 1. The lowest BCUT2D eigenvalue weighted by Crippen LogP contribution is -1.90. The Morgan fingerprint density at radius 2 is 1.00 bits per heavy atom. The predicted octanol–water partition coefficient (Wildman–Crippen LogP) is 6.98. The molecule has 1 N–H and O–H groups in total. The molecule has 0 spiro atoms. The maximum Gasteiger partial charge on any atom is 0.115 e. The van der Waals surface area contributed by atoms with Crippen molar-refractivity contribution in [2.75, 3.05) is 0 Å². The first kappa shape index (κ1) is 18.5. The molecule has 4 aromatic carbocycles. The molecule has 0 aromatic heterocycles. The summed E-state index contributed by atoms with van der Waals surface area (Å²) >= 11 is 0. The van der Waals surface area contributed by atoms with Crippen LogP contribution in [0.1, 0.15) is 12.5 Å². The highest BCUT2D eigenvalue weighted by Crippen LogP contribution is 2.33. The van der Waals surface area contributed by atoms with E-state index in [2.05, 4.69) is 85.8 Å². The van der Waals surface area contributed by atoms with Crippen LogP contribution >= 0.6 is 0 Å². The van der Waals surface area contributed by atoms with Crippen molar-refractivity contribution < 1.29 is 5.11 Å². The van der Waals surface area contributed by atoms with E-state index in [1.54, 1.807) is 24.3 Å². The fraction of sp³-hybridized carbons (Fsp3) is 0.0769. The molecule has 0 aliphatic carbocycles. The highest BCUT2D eigenvalue weighted by molar-refractivity contribution is 5.84. The molecule has 134 valence electrons. The summed E-state index contributed by atoms with van der Waals surface area (Å²) in [7, 11) is 0. The number of aromatic hydroxyl groups is 1. The van der Waals surface area contributed by atoms with Gasteiger partial charge in [-0.1, -0.05) is 104 Å². The van der Waals surface area contributed by atoms with Crippen LogP contribution in [0.4, 0.5) is 0 Å². The zero-order chi connectivity index (χ0) is 18.9. The van der Waals surface area contributed by atoms with Gasteiger partial charge < -0.3 is 5.11 Å². The van der Waals surface area contributed by atoms with Crippen LogP contribution in [0.25, 0.3) is 22.3 Å². The van der Waals surface area contributed by atoms with Crippen LogP contribution in [-0.4, -0.2) is 5.11 Å². The Morgan fingerprint density at radius 1 is 0.519 bits per heavy atom. The fourth-order valence-electron chi connectivity index (χ4n) is 3.11. The van der Waals surface area contributed by atoms with Gasteiger partial charge in [-0.2, -0.15) is 0 Å². The van der Waals surface area contributed by atoms with Crippen LogP contribution in [0.15, 0.2) is 109 Å². The molecule has 0 bridgehead atoms. The number of hydrogen-bond acceptors (Lipinski definition) is 1. The summed E-state index contributed by atoms with van der Waals surface area (Å²) in [5.41, 5.74) is 6.63. The molecule has 0 radical (unpaired) electrons. The van der Waals surface area contributed by atoms with Gasteiger partial charge >= 0.3 is 0 Å². The van der Waals surface area contributed by atoms with Crippen molar-refractivity contribution in [1.82, 2.24) is 0 Å². The van der Waals surface area contributed by atoms with Gasteiger partial charge in [0.2, 0.25) is 0 Å². The van der Waals surface area contributed by atoms with Crippen molar-refractivity contribution in [2.24, 2.45) is 0 Å². The second-order valence-electron chi connectivity index (χ2n) is 6.26. The van der Waals surface area contributed by atoms with Gasteiger partial charge in [-0.3, -0.25) is 0 Å². The molecular weight excluding hydrogens is 328 g/mol. The molecule has 0 heterocycles. The van der Waals surface area contributed by atoms with Gasteiger partial charge in [-0.25, -0.2) is 0 Å². The van der Waals surface area contributed by atoms with Gasteiger partial charge in [0.1, 0.15) is 5.75 Å². The Morgan fingerprint density at radius 3 is 1.56 bits per heavy atom. The molecule has 4 rings (SSSR count). The van der Waals surface area contributed by atoms with E-state index in [4.69, 9.17) is 5.11 Å². The zero-order valence-corrected chi connectivity index (χ0v) is 15.5. The number of benzene rings is 4. The molecule has 1 heteroatoms. The molecular formula is C26H24O. The molecule has 0 saturated heterocycles. The lowest BCUT2D eigenvalue weighted by atomic mass is 9.91. The normalized spacial score (nSPS) is 9.96. The molecule has 4 aromatic rings. The average Bonchev–Trinajstić information content (AvgIpc) is 2.75. The topological polar surface area (TPSA) is 20.2 Å². The summed E-state index contributed by atoms with van der Waals surface area (Å²) in [6.07, 6.45) is 1.05. The molecule has 0 aliphatic heterocycles. The van der Waals surface area contributed by atoms with Gasteiger partial charge in [0.25, 0.3) is 0 Å². The van der Waals surface area contributed by atoms with Gasteiger partial charge in [0, 0.05) is 0 Å². The van der Waals surface area contributed by atoms with E-state index in [0.29, 0.717) is 5.75 Å². The zero-order valence-electron chi connectivity index (χ0n) is 15.5. The minimum absolute atomic E-state index is 0.322. The second kappa shape index (κ2) is 9.40. The van der Waals surface area contributed by atoms with Crippen LogP contribution in [0.5, 0.6) is 5.75 Å². The fourth-order valence-corrected chi connectivity index (χ4v) is 3.11. The summed E-state index contributed by atoms with van der Waals surface area (Å²) in [6.45, 7) is 2.21. The van der Waals surface area contributed by atoms with Crippen molar-refractivity contribution in [3.05, 3.63) is 115 Å². The Bertz CT molecular complexity index is 959. The molecule has 0 amide bonds. The first-order valence-electron chi connectivity index (χ1n) is 9.26. The predicted molar refractivity (Wildman–Crippen MR) is 115 cm³/mol. The van der Waals surface area contributed by atoms with E-state index in [0.717, 1.165) is 6.42 Å². The molecule has 0 unspecified atom stereocenters. The minimum Gasteiger partial charge on any atom is -0.508 e. The third-order valence-electron chi connectivity index (χ3n) is 4.46. The maximum atomic E-state index is 8.63. The minimum atomic E-state index is 0.322. The Hall–Kier alpha value is -3.32. The lowest BCUT2D eigenvalue weighted by Gasteiger charge is -2.13. The standard InChI is InChI=1S/C20H18.C6H6O/c1-2-16-10-6-7-13-18(16)20-15-9-8-14-19(20)17-11-4-3-5-12-17;7-6-4-2-1-3-5-6/h3-15H,2H2,1H3;1-5,7H. The van der Waals surface area contributed by atoms with E-state index in [1.165, 1.54) is 27.8 Å². The summed E-state index contributed by atoms with van der Waals surface area (Å²) in [5.74, 6) is 0.322. The van der Waals surface area contributed by atoms with Crippen LogP contribution in [-0.2, 0) is 6.42 Å². The molecule has 0 aliphatic rings. The van der Waals surface area contributed by atoms with E-state index in [1.807, 2.05) is 6.07 Å². The SMILES string of the molecule is CCc1ccccc1-c1ccccc1-c1ccccc1.Oc1ccccc1. The molecule has 0 saturated carbocycles. The Kier molecular flexibility index (Phi) is 6.43. The van der Waals surface area contributed by atoms with E-state index in [9.17, 15) is 0 Å². The quantitative estimate of drug-likeness (QED) is 0.422. The third kappa shape index (κ3) is 4.86. The monoisotopic (exact) mass is 352 g/mol. The molecule has 27 heavy (non-hydrogen) atoms. The number of hydrogen-bond donors (Lipinski definition) is 1. The van der Waals surface area contributed by atoms with E-state index < -0.39 is 0 Å². The molecule has 1 nitrogen and oxygen atoms in total. The summed E-state index contributed by atoms with van der Waals surface area (Å²) in [4.78, 5) is 0. The van der Waals surface area contributed by atoms with Gasteiger partial charge in [0.15, 0.2) is 0 Å². The van der Waals surface area contributed by atoms with E-state index >= 15 is 0 Å². The number of rotatable bonds is 3. The number of phenolic OH excluding ortho intramolecular Hbond substituents is 1. The summed E-state index contributed by atoms with van der Waals surface area (Å²) in [5, 5.41) is 8.63. The lowest BCUT2D eigenvalue weighted by molar-refractivity contribution is 0.475. The van der Waals surface area contributed by atoms with Gasteiger partial charge in [-0.15, -0.1) is 0 Å². The highest BCUT2D eigenvalue weighted by atomic mass is 16.3. The number of aryl methyl sites for hydroxylation is 1. The summed E-state index contributed by atoms with van der Waals surface area (Å²) in [6, 6.07) is 36.6. The smallest absolute Gasteiger partial charge is 0.115 e. The van der Waals surface area contributed by atoms with Gasteiger partial charge in [0.05, 0.1) is 0 Å². The van der Waals surface area contributed by atoms with Crippen LogP contribution in [0, 0.1) is 0 Å². The highest BCUT2D eigenvalue weighted by Gasteiger charge is 2.09. The Balaban J connectivity index is 0.000000253. The first-order chi connectivity index (χ1) is 13.3. The van der Waals surface area contributed by atoms with E-state index in [-0.39, 0.29) is 0 Å². The largest absolute Gasteiger partial charge is 0.508 e. The average molecular weight is 352 g/mol. The third-order valence-corrected chi connectivity index (χ3v) is 4.46. The molecule has 0 fully saturated rings.